The Morgan fingerprint density at radius 2 is 0.557 bits per heavy atom. The van der Waals surface area contributed by atoms with Gasteiger partial charge in [-0.1, -0.05) is 246 Å². The number of hydrogen-bond acceptors (Lipinski definition) is 6. The van der Waals surface area contributed by atoms with Crippen LogP contribution >= 0.6 is 0 Å². The van der Waals surface area contributed by atoms with Gasteiger partial charge in [0.2, 0.25) is 0 Å². The number of carbonyl (C=O) groups is 3. The third-order valence-electron chi connectivity index (χ3n) is 12.3. The van der Waals surface area contributed by atoms with Crippen LogP contribution in [0.3, 0.4) is 0 Å². The monoisotopic (exact) mass is 973 g/mol. The van der Waals surface area contributed by atoms with Gasteiger partial charge in [-0.25, -0.2) is 0 Å². The minimum atomic E-state index is -0.787. The molecule has 1 atom stereocenters. The fourth-order valence-electron chi connectivity index (χ4n) is 7.95. The summed E-state index contributed by atoms with van der Waals surface area (Å²) in [6.45, 7) is 6.48. The van der Waals surface area contributed by atoms with Crippen LogP contribution < -0.4 is 0 Å². The molecule has 0 aliphatic rings. The van der Waals surface area contributed by atoms with Gasteiger partial charge < -0.3 is 14.2 Å². The van der Waals surface area contributed by atoms with Crippen molar-refractivity contribution in [3.05, 3.63) is 97.2 Å². The van der Waals surface area contributed by atoms with Crippen molar-refractivity contribution in [1.82, 2.24) is 0 Å². The zero-order valence-corrected chi connectivity index (χ0v) is 45.8. The van der Waals surface area contributed by atoms with Crippen molar-refractivity contribution in [2.75, 3.05) is 13.2 Å². The molecule has 0 aliphatic heterocycles. The van der Waals surface area contributed by atoms with Gasteiger partial charge >= 0.3 is 17.9 Å². The van der Waals surface area contributed by atoms with Gasteiger partial charge in [-0.2, -0.15) is 0 Å². The number of ether oxygens (including phenoxy) is 3. The second-order valence-corrected chi connectivity index (χ2v) is 19.2. The van der Waals surface area contributed by atoms with E-state index in [2.05, 4.69) is 118 Å². The molecule has 1 unspecified atom stereocenters. The average molecular weight is 974 g/mol. The minimum Gasteiger partial charge on any atom is -0.462 e. The van der Waals surface area contributed by atoms with Crippen LogP contribution in [-0.2, 0) is 28.6 Å². The maximum atomic E-state index is 12.8. The second kappa shape index (κ2) is 57.9. The Labute approximate surface area is 432 Å². The van der Waals surface area contributed by atoms with Gasteiger partial charge in [0.1, 0.15) is 13.2 Å². The van der Waals surface area contributed by atoms with E-state index in [0.29, 0.717) is 19.3 Å². The quantitative estimate of drug-likeness (QED) is 0.0262. The van der Waals surface area contributed by atoms with Crippen molar-refractivity contribution in [2.24, 2.45) is 0 Å². The number of rotatable bonds is 52. The molecule has 0 aliphatic carbocycles. The maximum absolute atomic E-state index is 12.8. The molecule has 0 fully saturated rings. The number of allylic oxidation sites excluding steroid dienone is 16. The summed E-state index contributed by atoms with van der Waals surface area (Å²) in [5.41, 5.74) is 0. The highest BCUT2D eigenvalue weighted by molar-refractivity contribution is 5.71. The van der Waals surface area contributed by atoms with E-state index in [-0.39, 0.29) is 31.1 Å². The topological polar surface area (TPSA) is 78.9 Å². The Morgan fingerprint density at radius 3 is 0.914 bits per heavy atom. The van der Waals surface area contributed by atoms with Crippen LogP contribution in [0.15, 0.2) is 97.2 Å². The zero-order chi connectivity index (χ0) is 50.7. The summed E-state index contributed by atoms with van der Waals surface area (Å²) >= 11 is 0. The zero-order valence-electron chi connectivity index (χ0n) is 45.8. The summed E-state index contributed by atoms with van der Waals surface area (Å²) in [6, 6.07) is 0. The molecule has 0 rings (SSSR count). The van der Waals surface area contributed by atoms with Crippen molar-refractivity contribution in [2.45, 2.75) is 277 Å². The first kappa shape index (κ1) is 66.3. The molecule has 0 aromatic rings. The standard InChI is InChI=1S/C64H108O6/c1-4-7-10-13-16-19-22-25-26-27-28-29-30-31-32-33-34-35-36-37-38-40-42-45-48-51-54-57-63(66)69-60-61(59-68-62(65)56-53-50-47-44-41-24-21-18-15-12-9-6-3)70-64(67)58-55-52-49-46-43-39-23-20-17-14-11-8-5-2/h7,10,16,18-19,21,25-26,28-29,31-32,34-35,37-38,61H,4-6,8-9,11-15,17,20,22-24,27,30,33,36,39-60H2,1-3H3/b10-7-,19-16-,21-18-,26-25-,29-28-,32-31-,35-34-,38-37-. The number of carbonyl (C=O) groups excluding carboxylic acids is 3. The van der Waals surface area contributed by atoms with E-state index in [1.54, 1.807) is 0 Å². The lowest BCUT2D eigenvalue weighted by molar-refractivity contribution is -0.167. The van der Waals surface area contributed by atoms with Crippen molar-refractivity contribution in [3.63, 3.8) is 0 Å². The predicted molar refractivity (Wildman–Crippen MR) is 302 cm³/mol. The number of hydrogen-bond donors (Lipinski definition) is 0. The third-order valence-corrected chi connectivity index (χ3v) is 12.3. The van der Waals surface area contributed by atoms with Gasteiger partial charge in [0.25, 0.3) is 0 Å². The smallest absolute Gasteiger partial charge is 0.306 e. The van der Waals surface area contributed by atoms with Crippen LogP contribution in [0.4, 0.5) is 0 Å². The molecule has 0 N–H and O–H groups in total. The Kier molecular flexibility index (Phi) is 54.9. The van der Waals surface area contributed by atoms with Crippen molar-refractivity contribution >= 4 is 17.9 Å². The summed E-state index contributed by atoms with van der Waals surface area (Å²) in [4.78, 5) is 38.1. The summed E-state index contributed by atoms with van der Waals surface area (Å²) in [5, 5.41) is 0. The number of esters is 3. The van der Waals surface area contributed by atoms with Gasteiger partial charge in [-0.05, 0) is 103 Å². The van der Waals surface area contributed by atoms with Crippen LogP contribution in [0.1, 0.15) is 271 Å². The van der Waals surface area contributed by atoms with Gasteiger partial charge in [-0.3, -0.25) is 14.4 Å². The Hall–Kier alpha value is -3.67. The van der Waals surface area contributed by atoms with Crippen LogP contribution in [0, 0.1) is 0 Å². The summed E-state index contributed by atoms with van der Waals surface area (Å²) in [7, 11) is 0. The largest absolute Gasteiger partial charge is 0.462 e. The van der Waals surface area contributed by atoms with Crippen molar-refractivity contribution in [3.8, 4) is 0 Å². The van der Waals surface area contributed by atoms with E-state index >= 15 is 0 Å². The molecule has 0 aromatic heterocycles. The molecule has 6 nitrogen and oxygen atoms in total. The molecule has 0 saturated heterocycles. The molecule has 0 radical (unpaired) electrons. The lowest BCUT2D eigenvalue weighted by atomic mass is 10.0. The Morgan fingerprint density at radius 1 is 0.300 bits per heavy atom. The van der Waals surface area contributed by atoms with Crippen LogP contribution in [0.5, 0.6) is 0 Å². The van der Waals surface area contributed by atoms with Crippen LogP contribution in [-0.4, -0.2) is 37.2 Å². The van der Waals surface area contributed by atoms with E-state index in [9.17, 15) is 14.4 Å². The second-order valence-electron chi connectivity index (χ2n) is 19.2. The van der Waals surface area contributed by atoms with E-state index < -0.39 is 6.10 Å². The highest BCUT2D eigenvalue weighted by atomic mass is 16.6. The van der Waals surface area contributed by atoms with E-state index in [4.69, 9.17) is 14.2 Å². The maximum Gasteiger partial charge on any atom is 0.306 e. The Balaban J connectivity index is 4.33. The highest BCUT2D eigenvalue weighted by Crippen LogP contribution is 2.15. The van der Waals surface area contributed by atoms with Gasteiger partial charge in [0, 0.05) is 19.3 Å². The fraction of sp³-hybridized carbons (Fsp3) is 0.703. The van der Waals surface area contributed by atoms with E-state index in [1.165, 1.54) is 103 Å². The SMILES string of the molecule is CC/C=C\C/C=C\C/C=C\C/C=C\C/C=C\C/C=C\C/C=C\CCCCCCCC(=O)OCC(COC(=O)CCCCCCC/C=C\CCCCC)OC(=O)CCCCCCCCCCCCCCC. The molecule has 0 spiro atoms. The molecule has 70 heavy (non-hydrogen) atoms. The lowest BCUT2D eigenvalue weighted by Crippen LogP contribution is -2.30. The first-order valence-corrected chi connectivity index (χ1v) is 29.2. The fourth-order valence-corrected chi connectivity index (χ4v) is 7.95. The van der Waals surface area contributed by atoms with Crippen LogP contribution in [0.25, 0.3) is 0 Å². The van der Waals surface area contributed by atoms with Crippen molar-refractivity contribution in [1.29, 1.82) is 0 Å². The normalized spacial score (nSPS) is 12.8. The molecule has 0 bridgehead atoms. The van der Waals surface area contributed by atoms with E-state index in [0.717, 1.165) is 128 Å². The molecule has 400 valence electrons. The van der Waals surface area contributed by atoms with Gasteiger partial charge in [0.05, 0.1) is 0 Å². The van der Waals surface area contributed by atoms with Gasteiger partial charge in [-0.15, -0.1) is 0 Å². The first-order chi connectivity index (χ1) is 34.5. The van der Waals surface area contributed by atoms with Crippen LogP contribution in [0.2, 0.25) is 0 Å². The molecule has 0 aromatic carbocycles. The summed E-state index contributed by atoms with van der Waals surface area (Å²) in [6.07, 6.45) is 76.8. The predicted octanol–water partition coefficient (Wildman–Crippen LogP) is 19.7. The van der Waals surface area contributed by atoms with E-state index in [1.807, 2.05) is 0 Å². The molecular formula is C64H108O6. The molecular weight excluding hydrogens is 865 g/mol. The van der Waals surface area contributed by atoms with Crippen molar-refractivity contribution < 1.29 is 28.6 Å². The lowest BCUT2D eigenvalue weighted by Gasteiger charge is -2.18. The third kappa shape index (κ3) is 55.3. The molecule has 0 saturated carbocycles. The molecule has 6 heteroatoms. The minimum absolute atomic E-state index is 0.0864. The molecule has 0 amide bonds. The Bertz CT molecular complexity index is 1400. The van der Waals surface area contributed by atoms with Gasteiger partial charge in [0.15, 0.2) is 6.10 Å². The summed E-state index contributed by atoms with van der Waals surface area (Å²) in [5.74, 6) is -0.910. The number of unbranched alkanes of at least 4 members (excludes halogenated alkanes) is 25. The average Bonchev–Trinajstić information content (AvgIpc) is 3.36. The molecule has 0 heterocycles. The highest BCUT2D eigenvalue weighted by Gasteiger charge is 2.19. The summed E-state index contributed by atoms with van der Waals surface area (Å²) < 4.78 is 16.8. The first-order valence-electron chi connectivity index (χ1n) is 29.2.